The number of nitrogens with two attached hydrogens (primary N) is 2. The second kappa shape index (κ2) is 37.7. The van der Waals surface area contributed by atoms with Gasteiger partial charge in [0.05, 0.1) is 157 Å². The molecule has 0 unspecified atom stereocenters. The second-order valence-corrected chi connectivity index (χ2v) is 16.8. The molecule has 2 aromatic carbocycles. The van der Waals surface area contributed by atoms with Crippen molar-refractivity contribution in [1.29, 1.82) is 0 Å². The number of hydroxylamine groups is 2. The van der Waals surface area contributed by atoms with E-state index in [1.165, 1.54) is 11.3 Å². The molecule has 0 aliphatic carbocycles. The first-order valence-corrected chi connectivity index (χ1v) is 25.5. The van der Waals surface area contributed by atoms with Gasteiger partial charge in [-0.15, -0.1) is 0 Å². The summed E-state index contributed by atoms with van der Waals surface area (Å²) in [4.78, 5) is 37.3. The Hall–Kier alpha value is -5.01. The highest BCUT2D eigenvalue weighted by Gasteiger charge is 2.34. The van der Waals surface area contributed by atoms with Gasteiger partial charge in [-0.3, -0.25) is 24.0 Å². The lowest BCUT2D eigenvalue weighted by atomic mass is 10.0. The maximum Gasteiger partial charge on any atom is 0.313 e. The number of carbonyl (C=O) groups is 2. The Morgan fingerprint density at radius 3 is 1.59 bits per heavy atom. The van der Waals surface area contributed by atoms with Gasteiger partial charge in [0, 0.05) is 42.1 Å². The van der Waals surface area contributed by atoms with Crippen LogP contribution in [0.5, 0.6) is 5.75 Å². The molecule has 22 nitrogen and oxygen atoms in total. The summed E-state index contributed by atoms with van der Waals surface area (Å²) in [5.41, 5.74) is 15.5. The number of allylic oxidation sites excluding steroid dienone is 1. The van der Waals surface area contributed by atoms with E-state index in [9.17, 15) is 35.6 Å². The number of benzene rings is 2. The maximum atomic E-state index is 14.0. The third kappa shape index (κ3) is 25.1. The van der Waals surface area contributed by atoms with E-state index in [-0.39, 0.29) is 45.4 Å². The highest BCUT2D eigenvalue weighted by molar-refractivity contribution is 7.85. The minimum atomic E-state index is -5.65. The molecule has 2 aromatic rings. The summed E-state index contributed by atoms with van der Waals surface area (Å²) in [6.45, 7) is 11.3. The van der Waals surface area contributed by atoms with Crippen molar-refractivity contribution in [1.82, 2.24) is 5.06 Å². The fourth-order valence-corrected chi connectivity index (χ4v) is 6.89. The average Bonchev–Trinajstić information content (AvgIpc) is 3.55. The van der Waals surface area contributed by atoms with Crippen molar-refractivity contribution >= 4 is 51.4 Å². The van der Waals surface area contributed by atoms with Crippen molar-refractivity contribution in [3.63, 3.8) is 0 Å². The Morgan fingerprint density at radius 1 is 0.707 bits per heavy atom. The summed E-state index contributed by atoms with van der Waals surface area (Å²) in [5, 5.41) is 1.37. The number of hydrogen-bond acceptors (Lipinski definition) is 20. The molecule has 5 N–H and O–H groups in total. The van der Waals surface area contributed by atoms with Crippen LogP contribution in [0, 0.1) is 23.3 Å². The van der Waals surface area contributed by atoms with Gasteiger partial charge < -0.3 is 63.6 Å². The first-order chi connectivity index (χ1) is 36.2. The number of amidine groups is 1. The Kier molecular flexibility index (Phi) is 32.3. The van der Waals surface area contributed by atoms with E-state index in [0.717, 1.165) is 17.5 Å². The molecule has 0 spiro atoms. The normalized spacial score (nSPS) is 13.0. The molecule has 0 atom stereocenters. The number of carbonyl (C=O) groups excluding carboxylic acids is 2. The van der Waals surface area contributed by atoms with Crippen LogP contribution in [0.15, 0.2) is 44.9 Å². The predicted octanol–water partition coefficient (Wildman–Crippen LogP) is 3.99. The number of hydrogen-bond donors (Lipinski definition) is 3. The Morgan fingerprint density at radius 2 is 1.16 bits per heavy atom. The number of rotatable bonds is 42. The molecule has 0 saturated heterocycles. The Bertz CT molecular complexity index is 2240. The minimum Gasteiger partial charge on any atom is -0.420 e. The summed E-state index contributed by atoms with van der Waals surface area (Å²) in [6.07, 6.45) is 5.33. The van der Waals surface area contributed by atoms with Crippen molar-refractivity contribution in [3.05, 3.63) is 64.4 Å². The van der Waals surface area contributed by atoms with E-state index < -0.39 is 56.4 Å². The van der Waals surface area contributed by atoms with Gasteiger partial charge in [-0.2, -0.15) is 17.2 Å². The summed E-state index contributed by atoms with van der Waals surface area (Å²) in [6, 6.07) is 5.62. The molecule has 75 heavy (non-hydrogen) atoms. The molecule has 0 fully saturated rings. The molecule has 1 aliphatic heterocycles. The van der Waals surface area contributed by atoms with Crippen molar-refractivity contribution in [2.24, 2.45) is 21.5 Å². The molecular formula is C48H69F4N5O17S. The van der Waals surface area contributed by atoms with Gasteiger partial charge in [0.1, 0.15) is 5.84 Å². The standard InChI is InChI=1S/C48H69F4N5O17S/c1-3-9-57(73-4-2)48(59)37-30-36-6-5-35(31-39(36)56-40(54)32-37)38(33-53)34-55-8-11-64-13-15-66-17-19-68-21-23-70-25-27-72-29-28-71-26-24-69-22-20-67-18-16-65-14-12-63-10-7-41(58)74-46-42(49)44(51)47(75(60,61)62)45(52)43(46)50/h5-6,30-31,33-34H,3-4,7-29,32,53H2,1-2H3,(H2,54,56)(H,60,61,62)/b38-33+,55-34?. The molecule has 0 bridgehead atoms. The van der Waals surface area contributed by atoms with Crippen LogP contribution >= 0.6 is 0 Å². The number of esters is 1. The quantitative estimate of drug-likeness (QED) is 0.0124. The number of amides is 1. The van der Waals surface area contributed by atoms with Gasteiger partial charge in [0.2, 0.25) is 17.4 Å². The van der Waals surface area contributed by atoms with Gasteiger partial charge in [-0.25, -0.2) is 18.8 Å². The Labute approximate surface area is 433 Å². The minimum absolute atomic E-state index is 0.0194. The lowest BCUT2D eigenvalue weighted by Crippen LogP contribution is -2.34. The van der Waals surface area contributed by atoms with Crippen molar-refractivity contribution in [2.75, 3.05) is 152 Å². The monoisotopic (exact) mass is 1100 g/mol. The van der Waals surface area contributed by atoms with Crippen LogP contribution in [0.4, 0.5) is 23.2 Å². The molecule has 3 rings (SSSR count). The van der Waals surface area contributed by atoms with E-state index in [4.69, 9.17) is 68.2 Å². The zero-order valence-corrected chi connectivity index (χ0v) is 43.1. The van der Waals surface area contributed by atoms with Crippen LogP contribution in [0.2, 0.25) is 0 Å². The summed E-state index contributed by atoms with van der Waals surface area (Å²) >= 11 is 0. The third-order valence-corrected chi connectivity index (χ3v) is 10.6. The number of ether oxygens (including phenoxy) is 11. The third-order valence-electron chi connectivity index (χ3n) is 9.77. The first kappa shape index (κ1) is 64.3. The fourth-order valence-electron chi connectivity index (χ4n) is 6.25. The SMILES string of the molecule is CCCN(OCC)C(=O)C1=Cc2ccc(/C(C=NCCOCCOCCOCCOCCOCCOCCOCCOCCOCCOCCC(=O)Oc3c(F)c(F)c(S(=O)(=O)O)c(F)c3F)=C/N)cc2N=C(N)C1. The topological polar surface area (TPSA) is 279 Å². The smallest absolute Gasteiger partial charge is 0.313 e. The highest BCUT2D eigenvalue weighted by atomic mass is 32.2. The van der Waals surface area contributed by atoms with Crippen LogP contribution < -0.4 is 16.2 Å². The zero-order valence-electron chi connectivity index (χ0n) is 42.2. The maximum absolute atomic E-state index is 14.0. The van der Waals surface area contributed by atoms with Crippen LogP contribution in [0.25, 0.3) is 11.6 Å². The molecule has 27 heteroatoms. The van der Waals surface area contributed by atoms with Crippen LogP contribution in [-0.4, -0.2) is 194 Å². The summed E-state index contributed by atoms with van der Waals surface area (Å²) in [7, 11) is -5.65. The van der Waals surface area contributed by atoms with Crippen LogP contribution in [0.3, 0.4) is 0 Å². The average molecular weight is 1100 g/mol. The highest BCUT2D eigenvalue weighted by Crippen LogP contribution is 2.33. The lowest BCUT2D eigenvalue weighted by Gasteiger charge is -2.21. The molecule has 1 heterocycles. The van der Waals surface area contributed by atoms with Crippen molar-refractivity contribution in [2.45, 2.75) is 38.0 Å². The van der Waals surface area contributed by atoms with Crippen molar-refractivity contribution in [3.8, 4) is 5.75 Å². The molecule has 1 amide bonds. The second-order valence-electron chi connectivity index (χ2n) is 15.4. The zero-order chi connectivity index (χ0) is 54.7. The van der Waals surface area contributed by atoms with E-state index in [2.05, 4.69) is 14.7 Å². The van der Waals surface area contributed by atoms with Gasteiger partial charge >= 0.3 is 16.1 Å². The van der Waals surface area contributed by atoms with E-state index >= 15 is 0 Å². The number of fused-ring (bicyclic) bond motifs is 1. The molecule has 1 aliphatic rings. The van der Waals surface area contributed by atoms with Gasteiger partial charge in [0.15, 0.2) is 16.5 Å². The molecular weight excluding hydrogens is 1030 g/mol. The number of nitrogens with zero attached hydrogens (tertiary/aromatic N) is 3. The van der Waals surface area contributed by atoms with Crippen LogP contribution in [-0.2, 0) is 71.9 Å². The van der Waals surface area contributed by atoms with Gasteiger partial charge in [-0.1, -0.05) is 19.1 Å². The van der Waals surface area contributed by atoms with Gasteiger partial charge in [-0.05, 0) is 31.1 Å². The fraction of sp³-hybridized carbons (Fsp3) is 0.583. The largest absolute Gasteiger partial charge is 0.420 e. The molecule has 0 saturated carbocycles. The summed E-state index contributed by atoms with van der Waals surface area (Å²) in [5.74, 6) is -12.6. The predicted molar refractivity (Wildman–Crippen MR) is 264 cm³/mol. The van der Waals surface area contributed by atoms with E-state index in [0.29, 0.717) is 141 Å². The first-order valence-electron chi connectivity index (χ1n) is 24.1. The molecule has 422 valence electrons. The Balaban J connectivity index is 1.04. The lowest BCUT2D eigenvalue weighted by molar-refractivity contribution is -0.180. The van der Waals surface area contributed by atoms with Gasteiger partial charge in [0.25, 0.3) is 5.91 Å². The summed E-state index contributed by atoms with van der Waals surface area (Å²) < 4.78 is 145. The molecule has 0 radical (unpaired) electrons. The van der Waals surface area contributed by atoms with Crippen molar-refractivity contribution < 1.29 is 97.1 Å². The van der Waals surface area contributed by atoms with E-state index in [1.807, 2.05) is 32.0 Å². The number of halogens is 4. The van der Waals surface area contributed by atoms with Crippen LogP contribution in [0.1, 0.15) is 44.2 Å². The van der Waals surface area contributed by atoms with E-state index in [1.54, 1.807) is 12.3 Å². The molecule has 0 aromatic heterocycles. The number of aliphatic imine (C=N–C) groups is 2.